The Labute approximate surface area is 121 Å². The first-order chi connectivity index (χ1) is 9.79. The lowest BCUT2D eigenvalue weighted by molar-refractivity contribution is 0.477. The minimum Gasteiger partial charge on any atom is -0.347 e. The Bertz CT molecular complexity index is 621. The highest BCUT2D eigenvalue weighted by atomic mass is 15.0. The molecule has 1 aromatic heterocycles. The van der Waals surface area contributed by atoms with Crippen LogP contribution in [0.4, 0.5) is 0 Å². The van der Waals surface area contributed by atoms with Crippen LogP contribution in [0.3, 0.4) is 0 Å². The van der Waals surface area contributed by atoms with E-state index in [2.05, 4.69) is 60.3 Å². The molecule has 2 nitrogen and oxygen atoms in total. The number of benzene rings is 1. The number of fused-ring (bicyclic) bond motifs is 1. The Morgan fingerprint density at radius 1 is 1.30 bits per heavy atom. The largest absolute Gasteiger partial charge is 0.347 e. The van der Waals surface area contributed by atoms with Crippen LogP contribution in [0.2, 0.25) is 0 Å². The van der Waals surface area contributed by atoms with Crippen LogP contribution in [0.25, 0.3) is 16.5 Å². The molecule has 2 aromatic rings. The van der Waals surface area contributed by atoms with E-state index in [1.54, 1.807) is 0 Å². The van der Waals surface area contributed by atoms with Gasteiger partial charge in [-0.05, 0) is 30.5 Å². The van der Waals surface area contributed by atoms with E-state index in [1.165, 1.54) is 28.5 Å². The van der Waals surface area contributed by atoms with Gasteiger partial charge in [-0.25, -0.2) is 0 Å². The highest BCUT2D eigenvalue weighted by Gasteiger charge is 2.14. The van der Waals surface area contributed by atoms with Crippen LogP contribution in [-0.2, 0) is 6.54 Å². The summed E-state index contributed by atoms with van der Waals surface area (Å²) in [6.45, 7) is 7.81. The van der Waals surface area contributed by atoms with Gasteiger partial charge in [0.1, 0.15) is 0 Å². The molecule has 1 aromatic carbocycles. The van der Waals surface area contributed by atoms with Gasteiger partial charge in [0.2, 0.25) is 0 Å². The second kappa shape index (κ2) is 5.84. The zero-order chi connectivity index (χ0) is 13.9. The van der Waals surface area contributed by atoms with Crippen LogP contribution in [0.1, 0.15) is 32.3 Å². The molecule has 0 saturated heterocycles. The van der Waals surface area contributed by atoms with Gasteiger partial charge in [-0.3, -0.25) is 0 Å². The van der Waals surface area contributed by atoms with E-state index in [1.807, 2.05) is 0 Å². The van der Waals surface area contributed by atoms with Crippen molar-refractivity contribution in [2.45, 2.75) is 33.2 Å². The van der Waals surface area contributed by atoms with Crippen molar-refractivity contribution in [3.63, 3.8) is 0 Å². The lowest BCUT2D eigenvalue weighted by Gasteiger charge is -2.13. The molecular weight excluding hydrogens is 244 g/mol. The van der Waals surface area contributed by atoms with Gasteiger partial charge < -0.3 is 9.88 Å². The number of aromatic nitrogens is 1. The summed E-state index contributed by atoms with van der Waals surface area (Å²) in [6.07, 6.45) is 7.08. The Balaban J connectivity index is 2.06. The molecule has 0 bridgehead atoms. The van der Waals surface area contributed by atoms with Crippen LogP contribution in [0.5, 0.6) is 0 Å². The maximum absolute atomic E-state index is 3.40. The van der Waals surface area contributed by atoms with Crippen molar-refractivity contribution in [3.8, 4) is 0 Å². The second-order valence-electron chi connectivity index (χ2n) is 5.91. The van der Waals surface area contributed by atoms with Crippen molar-refractivity contribution < 1.29 is 0 Å². The molecule has 2 heteroatoms. The first kappa shape index (κ1) is 13.4. The van der Waals surface area contributed by atoms with Crippen LogP contribution in [-0.4, -0.2) is 17.7 Å². The lowest BCUT2D eigenvalue weighted by Crippen LogP contribution is -2.19. The molecule has 0 amide bonds. The quantitative estimate of drug-likeness (QED) is 0.884. The highest BCUT2D eigenvalue weighted by Crippen LogP contribution is 2.30. The Morgan fingerprint density at radius 2 is 2.15 bits per heavy atom. The smallest absolute Gasteiger partial charge is 0.0486 e. The van der Waals surface area contributed by atoms with Crippen molar-refractivity contribution in [2.75, 3.05) is 13.1 Å². The first-order valence-electron chi connectivity index (χ1n) is 7.77. The lowest BCUT2D eigenvalue weighted by atomic mass is 10.00. The van der Waals surface area contributed by atoms with Gasteiger partial charge in [0.25, 0.3) is 0 Å². The minimum absolute atomic E-state index is 0.723. The van der Waals surface area contributed by atoms with Crippen molar-refractivity contribution in [1.29, 1.82) is 0 Å². The molecule has 0 fully saturated rings. The number of nitrogens with one attached hydrogen (secondary N) is 1. The number of rotatable bonds is 4. The molecule has 1 aliphatic rings. The van der Waals surface area contributed by atoms with Gasteiger partial charge in [-0.1, -0.05) is 44.5 Å². The molecule has 20 heavy (non-hydrogen) atoms. The third kappa shape index (κ3) is 2.53. The monoisotopic (exact) mass is 268 g/mol. The normalized spacial score (nSPS) is 17.2. The van der Waals surface area contributed by atoms with Crippen LogP contribution in [0, 0.1) is 5.92 Å². The summed E-state index contributed by atoms with van der Waals surface area (Å²) >= 11 is 0. The van der Waals surface area contributed by atoms with E-state index >= 15 is 0 Å². The molecule has 0 spiro atoms. The fourth-order valence-electron chi connectivity index (χ4n) is 2.99. The van der Waals surface area contributed by atoms with Gasteiger partial charge in [0.05, 0.1) is 0 Å². The average molecular weight is 268 g/mol. The Kier molecular flexibility index (Phi) is 3.93. The summed E-state index contributed by atoms with van der Waals surface area (Å²) in [5.74, 6) is 0.723. The van der Waals surface area contributed by atoms with Crippen molar-refractivity contribution in [3.05, 3.63) is 42.1 Å². The maximum atomic E-state index is 3.40. The average Bonchev–Trinajstić information content (AvgIpc) is 2.87. The Morgan fingerprint density at radius 3 is 2.90 bits per heavy atom. The number of nitrogens with zero attached hydrogens (tertiary/aromatic N) is 1. The van der Waals surface area contributed by atoms with Gasteiger partial charge in [0, 0.05) is 35.8 Å². The highest BCUT2D eigenvalue weighted by molar-refractivity contribution is 5.93. The van der Waals surface area contributed by atoms with Crippen LogP contribution in [0.15, 0.2) is 36.5 Å². The van der Waals surface area contributed by atoms with Crippen molar-refractivity contribution >= 4 is 16.5 Å². The van der Waals surface area contributed by atoms with Crippen molar-refractivity contribution in [1.82, 2.24) is 9.88 Å². The molecule has 0 radical (unpaired) electrons. The fourth-order valence-corrected chi connectivity index (χ4v) is 2.99. The summed E-state index contributed by atoms with van der Waals surface area (Å²) in [5.41, 5.74) is 4.32. The number of hydrogen-bond acceptors (Lipinski definition) is 1. The summed E-state index contributed by atoms with van der Waals surface area (Å²) in [5, 5.41) is 4.80. The molecule has 1 aliphatic heterocycles. The topological polar surface area (TPSA) is 17.0 Å². The van der Waals surface area contributed by atoms with Gasteiger partial charge >= 0.3 is 0 Å². The van der Waals surface area contributed by atoms with Crippen LogP contribution >= 0.6 is 0 Å². The fraction of sp³-hybridized carbons (Fsp3) is 0.444. The van der Waals surface area contributed by atoms with E-state index in [0.717, 1.165) is 32.0 Å². The first-order valence-corrected chi connectivity index (χ1v) is 7.77. The van der Waals surface area contributed by atoms with Crippen LogP contribution < -0.4 is 5.32 Å². The predicted molar refractivity (Wildman–Crippen MR) is 86.9 cm³/mol. The predicted octanol–water partition coefficient (Wildman–Crippen LogP) is 4.06. The summed E-state index contributed by atoms with van der Waals surface area (Å²) in [4.78, 5) is 0. The van der Waals surface area contributed by atoms with E-state index in [-0.39, 0.29) is 0 Å². The van der Waals surface area contributed by atoms with E-state index in [0.29, 0.717) is 0 Å². The van der Waals surface area contributed by atoms with Gasteiger partial charge in [-0.2, -0.15) is 0 Å². The molecule has 0 aliphatic carbocycles. The maximum Gasteiger partial charge on any atom is 0.0486 e. The van der Waals surface area contributed by atoms with Gasteiger partial charge in [0.15, 0.2) is 0 Å². The molecule has 106 valence electrons. The standard InChI is InChI=1S/C18H24N2/c1-3-14(2)12-20-13-17(15-8-10-19-11-9-15)16-6-4-5-7-18(16)20/h4-8,13-14,19H,3,9-12H2,1-2H3. The molecule has 1 atom stereocenters. The Hall–Kier alpha value is -1.54. The molecule has 3 rings (SSSR count). The summed E-state index contributed by atoms with van der Waals surface area (Å²) < 4.78 is 2.45. The summed E-state index contributed by atoms with van der Waals surface area (Å²) in [6, 6.07) is 8.82. The molecule has 0 saturated carbocycles. The zero-order valence-corrected chi connectivity index (χ0v) is 12.5. The van der Waals surface area contributed by atoms with Crippen molar-refractivity contribution in [2.24, 2.45) is 5.92 Å². The van der Waals surface area contributed by atoms with E-state index < -0.39 is 0 Å². The minimum atomic E-state index is 0.723. The van der Waals surface area contributed by atoms with E-state index in [4.69, 9.17) is 0 Å². The second-order valence-corrected chi connectivity index (χ2v) is 5.91. The number of para-hydroxylation sites is 1. The zero-order valence-electron chi connectivity index (χ0n) is 12.5. The summed E-state index contributed by atoms with van der Waals surface area (Å²) in [7, 11) is 0. The SMILES string of the molecule is CCC(C)Cn1cc(C2=CCNCC2)c2ccccc21. The molecular formula is C18H24N2. The third-order valence-electron chi connectivity index (χ3n) is 4.40. The third-order valence-corrected chi connectivity index (χ3v) is 4.40. The molecule has 2 heterocycles. The molecule has 1 N–H and O–H groups in total. The molecule has 1 unspecified atom stereocenters. The number of hydrogen-bond donors (Lipinski definition) is 1. The van der Waals surface area contributed by atoms with E-state index in [9.17, 15) is 0 Å². The van der Waals surface area contributed by atoms with Gasteiger partial charge in [-0.15, -0.1) is 0 Å².